The van der Waals surface area contributed by atoms with Crippen molar-refractivity contribution in [3.63, 3.8) is 0 Å². The lowest BCUT2D eigenvalue weighted by molar-refractivity contribution is -0.132. The molecule has 2 atom stereocenters. The Morgan fingerprint density at radius 3 is 2.61 bits per heavy atom. The zero-order valence-corrected chi connectivity index (χ0v) is 16.2. The molecule has 11 nitrogen and oxygen atoms in total. The Bertz CT molecular complexity index is 862. The molecule has 1 aromatic heterocycles. The summed E-state index contributed by atoms with van der Waals surface area (Å²) in [6.45, 7) is 0.536. The Hall–Kier alpha value is -2.60. The van der Waals surface area contributed by atoms with Crippen molar-refractivity contribution < 1.29 is 22.8 Å². The van der Waals surface area contributed by atoms with Crippen molar-refractivity contribution in [2.24, 2.45) is 0 Å². The summed E-state index contributed by atoms with van der Waals surface area (Å²) in [7, 11) is -3.68. The summed E-state index contributed by atoms with van der Waals surface area (Å²) in [6, 6.07) is -1.83. The average Bonchev–Trinajstić information content (AvgIpc) is 2.68. The second-order valence-corrected chi connectivity index (χ2v) is 8.70. The quantitative estimate of drug-likeness (QED) is 0.582. The van der Waals surface area contributed by atoms with Gasteiger partial charge in [0.2, 0.25) is 21.8 Å². The van der Waals surface area contributed by atoms with Gasteiger partial charge in [0.15, 0.2) is 0 Å². The number of carbonyl (C=O) groups is 3. The van der Waals surface area contributed by atoms with Crippen molar-refractivity contribution in [1.29, 1.82) is 0 Å². The van der Waals surface area contributed by atoms with Crippen LogP contribution in [0.15, 0.2) is 18.7 Å². The lowest BCUT2D eigenvalue weighted by Crippen LogP contribution is -2.63. The van der Waals surface area contributed by atoms with Crippen LogP contribution in [0.25, 0.3) is 0 Å². The number of nitrogens with one attached hydrogen (secondary N) is 2. The zero-order chi connectivity index (χ0) is 20.3. The highest BCUT2D eigenvalue weighted by molar-refractivity contribution is 7.88. The van der Waals surface area contributed by atoms with E-state index in [1.807, 2.05) is 0 Å². The average molecular weight is 410 g/mol. The highest BCUT2D eigenvalue weighted by atomic mass is 32.2. The van der Waals surface area contributed by atoms with Crippen LogP contribution in [0.2, 0.25) is 0 Å². The Balaban J connectivity index is 1.78. The number of nitrogens with zero attached hydrogens (tertiary/aromatic N) is 4. The summed E-state index contributed by atoms with van der Waals surface area (Å²) in [5.74, 6) is -1.29. The van der Waals surface area contributed by atoms with Crippen LogP contribution in [-0.4, -0.2) is 89.8 Å². The molecule has 0 radical (unpaired) electrons. The molecular formula is C16H22N6O5S. The molecule has 28 heavy (non-hydrogen) atoms. The van der Waals surface area contributed by atoms with Gasteiger partial charge in [-0.15, -0.1) is 0 Å². The molecule has 1 aromatic rings. The standard InChI is InChI=1S/C16H22N6O5S/c1-28(26,27)22-6-5-21(16(25)11-7-17-10-18-8-11)9-13(22)15(24)20-12-3-2-4-19-14(12)23/h7-8,10,12-13H,2-6,9H2,1H3,(H,19,23)(H,20,24)/t12-,13+/m1/s1. The lowest BCUT2D eigenvalue weighted by Gasteiger charge is -2.39. The molecule has 0 aliphatic carbocycles. The summed E-state index contributed by atoms with van der Waals surface area (Å²) in [5, 5.41) is 5.29. The van der Waals surface area contributed by atoms with Crippen LogP contribution in [0.1, 0.15) is 23.2 Å². The molecule has 0 saturated carbocycles. The normalized spacial score (nSPS) is 23.8. The van der Waals surface area contributed by atoms with Gasteiger partial charge in [-0.1, -0.05) is 0 Å². The van der Waals surface area contributed by atoms with Gasteiger partial charge in [-0.05, 0) is 12.8 Å². The van der Waals surface area contributed by atoms with E-state index >= 15 is 0 Å². The Morgan fingerprint density at radius 1 is 1.25 bits per heavy atom. The number of hydrogen-bond donors (Lipinski definition) is 2. The first kappa shape index (κ1) is 20.1. The number of rotatable bonds is 4. The minimum absolute atomic E-state index is 0.0206. The molecule has 0 unspecified atom stereocenters. The van der Waals surface area contributed by atoms with Gasteiger partial charge in [0.25, 0.3) is 5.91 Å². The van der Waals surface area contributed by atoms with Gasteiger partial charge in [-0.2, -0.15) is 4.31 Å². The van der Waals surface area contributed by atoms with Crippen LogP contribution in [-0.2, 0) is 19.6 Å². The van der Waals surface area contributed by atoms with Crippen LogP contribution in [0.4, 0.5) is 0 Å². The third-order valence-electron chi connectivity index (χ3n) is 4.76. The number of aromatic nitrogens is 2. The number of carbonyl (C=O) groups excluding carboxylic acids is 3. The van der Waals surface area contributed by atoms with E-state index in [0.29, 0.717) is 13.0 Å². The van der Waals surface area contributed by atoms with Crippen molar-refractivity contribution in [1.82, 2.24) is 29.8 Å². The number of hydrogen-bond acceptors (Lipinski definition) is 7. The van der Waals surface area contributed by atoms with Gasteiger partial charge in [0.1, 0.15) is 18.4 Å². The fourth-order valence-corrected chi connectivity index (χ4v) is 4.37. The van der Waals surface area contributed by atoms with Crippen LogP contribution in [0.3, 0.4) is 0 Å². The molecule has 3 amide bonds. The van der Waals surface area contributed by atoms with E-state index in [0.717, 1.165) is 17.0 Å². The van der Waals surface area contributed by atoms with Crippen molar-refractivity contribution in [3.8, 4) is 0 Å². The smallest absolute Gasteiger partial charge is 0.257 e. The third kappa shape index (κ3) is 4.44. The fraction of sp³-hybridized carbons (Fsp3) is 0.562. The highest BCUT2D eigenvalue weighted by Gasteiger charge is 2.40. The molecule has 2 N–H and O–H groups in total. The molecule has 3 heterocycles. The van der Waals surface area contributed by atoms with Crippen LogP contribution < -0.4 is 10.6 Å². The highest BCUT2D eigenvalue weighted by Crippen LogP contribution is 2.17. The first-order valence-corrected chi connectivity index (χ1v) is 10.7. The summed E-state index contributed by atoms with van der Waals surface area (Å²) < 4.78 is 25.4. The zero-order valence-electron chi connectivity index (χ0n) is 15.4. The molecular weight excluding hydrogens is 388 g/mol. The summed E-state index contributed by atoms with van der Waals surface area (Å²) in [6.07, 6.45) is 6.23. The van der Waals surface area contributed by atoms with E-state index in [2.05, 4.69) is 20.6 Å². The Morgan fingerprint density at radius 2 is 1.96 bits per heavy atom. The molecule has 0 spiro atoms. The first-order valence-electron chi connectivity index (χ1n) is 8.86. The fourth-order valence-electron chi connectivity index (χ4n) is 3.33. The predicted octanol–water partition coefficient (Wildman–Crippen LogP) is -2.04. The van der Waals surface area contributed by atoms with Gasteiger partial charge in [-0.3, -0.25) is 14.4 Å². The summed E-state index contributed by atoms with van der Waals surface area (Å²) in [5.41, 5.74) is 0.251. The monoisotopic (exact) mass is 410 g/mol. The number of amides is 3. The van der Waals surface area contributed by atoms with E-state index < -0.39 is 28.0 Å². The maximum Gasteiger partial charge on any atom is 0.257 e. The van der Waals surface area contributed by atoms with Gasteiger partial charge in [-0.25, -0.2) is 18.4 Å². The summed E-state index contributed by atoms with van der Waals surface area (Å²) in [4.78, 5) is 46.4. The topological polar surface area (TPSA) is 142 Å². The number of sulfonamides is 1. The van der Waals surface area contributed by atoms with Crippen LogP contribution >= 0.6 is 0 Å². The van der Waals surface area contributed by atoms with Crippen molar-refractivity contribution >= 4 is 27.7 Å². The van der Waals surface area contributed by atoms with E-state index in [4.69, 9.17) is 0 Å². The van der Waals surface area contributed by atoms with E-state index in [1.165, 1.54) is 23.6 Å². The first-order chi connectivity index (χ1) is 13.3. The maximum absolute atomic E-state index is 12.8. The lowest BCUT2D eigenvalue weighted by atomic mass is 10.1. The summed E-state index contributed by atoms with van der Waals surface area (Å²) >= 11 is 0. The van der Waals surface area contributed by atoms with Crippen molar-refractivity contribution in [2.45, 2.75) is 24.9 Å². The van der Waals surface area contributed by atoms with Crippen LogP contribution in [0, 0.1) is 0 Å². The van der Waals surface area contributed by atoms with Gasteiger partial charge >= 0.3 is 0 Å². The minimum Gasteiger partial charge on any atom is -0.354 e. The number of piperazine rings is 1. The number of piperidine rings is 1. The molecule has 12 heteroatoms. The Labute approximate surface area is 162 Å². The SMILES string of the molecule is CS(=O)(=O)N1CCN(C(=O)c2cncnc2)C[C@H]1C(=O)N[C@@H]1CCCNC1=O. The molecule has 2 fully saturated rings. The minimum atomic E-state index is -3.68. The van der Waals surface area contributed by atoms with Crippen molar-refractivity contribution in [3.05, 3.63) is 24.3 Å². The van der Waals surface area contributed by atoms with Crippen molar-refractivity contribution in [2.75, 3.05) is 32.4 Å². The second kappa shape index (κ2) is 8.19. The second-order valence-electron chi connectivity index (χ2n) is 6.76. The van der Waals surface area contributed by atoms with Crippen LogP contribution in [0.5, 0.6) is 0 Å². The maximum atomic E-state index is 12.8. The molecule has 0 aromatic carbocycles. The van der Waals surface area contributed by atoms with E-state index in [9.17, 15) is 22.8 Å². The molecule has 152 valence electrons. The van der Waals surface area contributed by atoms with E-state index in [1.54, 1.807) is 0 Å². The third-order valence-corrected chi connectivity index (χ3v) is 6.05. The molecule has 3 rings (SSSR count). The predicted molar refractivity (Wildman–Crippen MR) is 97.4 cm³/mol. The molecule has 2 saturated heterocycles. The molecule has 0 bridgehead atoms. The molecule has 2 aliphatic rings. The Kier molecular flexibility index (Phi) is 5.89. The largest absolute Gasteiger partial charge is 0.354 e. The molecule has 2 aliphatic heterocycles. The van der Waals surface area contributed by atoms with Gasteiger partial charge < -0.3 is 15.5 Å². The van der Waals surface area contributed by atoms with Gasteiger partial charge in [0, 0.05) is 38.6 Å². The van der Waals surface area contributed by atoms with Gasteiger partial charge in [0.05, 0.1) is 11.8 Å². The van der Waals surface area contributed by atoms with E-state index in [-0.39, 0.29) is 37.0 Å².